The van der Waals surface area contributed by atoms with E-state index >= 15 is 0 Å². The molecule has 1 amide bonds. The van der Waals surface area contributed by atoms with Crippen molar-refractivity contribution in [1.82, 2.24) is 0 Å². The summed E-state index contributed by atoms with van der Waals surface area (Å²) in [5.74, 6) is -0.168. The zero-order valence-corrected chi connectivity index (χ0v) is 9.19. The summed E-state index contributed by atoms with van der Waals surface area (Å²) in [7, 11) is 0. The Morgan fingerprint density at radius 2 is 2.21 bits per heavy atom. The maximum absolute atomic E-state index is 11.1. The van der Waals surface area contributed by atoms with Gasteiger partial charge in [-0.1, -0.05) is 19.1 Å². The van der Waals surface area contributed by atoms with Crippen LogP contribution in [0.4, 0.5) is 5.69 Å². The monoisotopic (exact) mass is 211 g/mol. The first-order chi connectivity index (χ1) is 6.67. The van der Waals surface area contributed by atoms with E-state index < -0.39 is 0 Å². The third kappa shape index (κ3) is 2.74. The third-order valence-corrected chi connectivity index (χ3v) is 2.35. The van der Waals surface area contributed by atoms with Crippen LogP contribution in [-0.2, 0) is 11.2 Å². The fourth-order valence-electron chi connectivity index (χ4n) is 1.21. The lowest BCUT2D eigenvalue weighted by molar-refractivity contribution is -0.113. The molecular weight excluding hydrogens is 198 g/mol. The summed E-state index contributed by atoms with van der Waals surface area (Å²) >= 11 is 5.42. The lowest BCUT2D eigenvalue weighted by Gasteiger charge is -2.08. The second kappa shape index (κ2) is 5.01. The summed E-state index contributed by atoms with van der Waals surface area (Å²) in [4.78, 5) is 11.1. The van der Waals surface area contributed by atoms with Gasteiger partial charge in [-0.05, 0) is 30.5 Å². The van der Waals surface area contributed by atoms with E-state index in [2.05, 4.69) is 18.3 Å². The minimum Gasteiger partial charge on any atom is -0.325 e. The smallest absolute Gasteiger partial charge is 0.239 e. The molecule has 0 unspecified atom stereocenters. The number of benzene rings is 1. The molecule has 1 aromatic carbocycles. The number of anilines is 1. The fraction of sp³-hybridized carbons (Fsp3) is 0.364. The second-order valence-electron chi connectivity index (χ2n) is 3.18. The van der Waals surface area contributed by atoms with Crippen molar-refractivity contribution in [3.05, 3.63) is 29.3 Å². The first-order valence-electron chi connectivity index (χ1n) is 4.62. The van der Waals surface area contributed by atoms with Gasteiger partial charge in [-0.3, -0.25) is 4.79 Å². The second-order valence-corrected chi connectivity index (χ2v) is 3.45. The van der Waals surface area contributed by atoms with Gasteiger partial charge in [0, 0.05) is 5.69 Å². The Kier molecular flexibility index (Phi) is 3.96. The lowest BCUT2D eigenvalue weighted by Crippen LogP contribution is -2.13. The highest BCUT2D eigenvalue weighted by molar-refractivity contribution is 6.29. The molecule has 0 saturated carbocycles. The first-order valence-corrected chi connectivity index (χ1v) is 5.16. The largest absolute Gasteiger partial charge is 0.325 e. The van der Waals surface area contributed by atoms with Gasteiger partial charge in [0.2, 0.25) is 5.91 Å². The number of nitrogens with one attached hydrogen (secondary N) is 1. The topological polar surface area (TPSA) is 29.1 Å². The van der Waals surface area contributed by atoms with Crippen LogP contribution in [0.1, 0.15) is 18.1 Å². The van der Waals surface area contributed by atoms with E-state index in [1.165, 1.54) is 5.56 Å². The molecule has 0 heterocycles. The van der Waals surface area contributed by atoms with Gasteiger partial charge in [-0.2, -0.15) is 0 Å². The minimum absolute atomic E-state index is 0.00417. The van der Waals surface area contributed by atoms with Gasteiger partial charge in [0.15, 0.2) is 0 Å². The van der Waals surface area contributed by atoms with E-state index in [9.17, 15) is 4.79 Å². The molecule has 1 rings (SSSR count). The van der Waals surface area contributed by atoms with Crippen molar-refractivity contribution in [2.45, 2.75) is 20.3 Å². The summed E-state index contributed by atoms with van der Waals surface area (Å²) in [6.07, 6.45) is 0.962. The van der Waals surface area contributed by atoms with Gasteiger partial charge in [-0.15, -0.1) is 11.6 Å². The first kappa shape index (κ1) is 11.1. The normalized spacial score (nSPS) is 9.93. The minimum atomic E-state index is -0.164. The zero-order chi connectivity index (χ0) is 10.6. The molecular formula is C11H14ClNO. The number of aryl methyl sites for hydroxylation is 2. The van der Waals surface area contributed by atoms with Crippen LogP contribution >= 0.6 is 11.6 Å². The Morgan fingerprint density at radius 3 is 2.79 bits per heavy atom. The van der Waals surface area contributed by atoms with Gasteiger partial charge >= 0.3 is 0 Å². The number of hydrogen-bond acceptors (Lipinski definition) is 1. The highest BCUT2D eigenvalue weighted by atomic mass is 35.5. The maximum Gasteiger partial charge on any atom is 0.239 e. The summed E-state index contributed by atoms with van der Waals surface area (Å²) in [5, 5.41) is 2.76. The number of carbonyl (C=O) groups is 1. The van der Waals surface area contributed by atoms with Crippen molar-refractivity contribution in [3.63, 3.8) is 0 Å². The van der Waals surface area contributed by atoms with Crippen LogP contribution in [0.15, 0.2) is 18.2 Å². The van der Waals surface area contributed by atoms with E-state index in [1.807, 2.05) is 19.1 Å². The molecule has 0 aromatic heterocycles. The highest BCUT2D eigenvalue weighted by Gasteiger charge is 2.03. The van der Waals surface area contributed by atoms with Crippen molar-refractivity contribution < 1.29 is 4.79 Å². The van der Waals surface area contributed by atoms with E-state index in [0.717, 1.165) is 17.7 Å². The molecule has 0 fully saturated rings. The molecule has 0 bridgehead atoms. The molecule has 1 aromatic rings. The average Bonchev–Trinajstić information content (AvgIpc) is 2.21. The van der Waals surface area contributed by atoms with Gasteiger partial charge in [0.1, 0.15) is 5.88 Å². The van der Waals surface area contributed by atoms with E-state index in [1.54, 1.807) is 0 Å². The van der Waals surface area contributed by atoms with Crippen LogP contribution in [0.5, 0.6) is 0 Å². The molecule has 0 atom stereocenters. The van der Waals surface area contributed by atoms with Crippen LogP contribution in [0.2, 0.25) is 0 Å². The predicted molar refractivity (Wildman–Crippen MR) is 59.9 cm³/mol. The SMILES string of the molecule is CCc1ccc(C)c(NC(=O)CCl)c1. The van der Waals surface area contributed by atoms with Crippen LogP contribution in [0.25, 0.3) is 0 Å². The Hall–Kier alpha value is -1.02. The quantitative estimate of drug-likeness (QED) is 0.766. The Balaban J connectivity index is 2.89. The maximum atomic E-state index is 11.1. The number of hydrogen-bond donors (Lipinski definition) is 1. The van der Waals surface area contributed by atoms with Gasteiger partial charge in [-0.25, -0.2) is 0 Å². The molecule has 3 heteroatoms. The molecule has 0 saturated heterocycles. The summed E-state index contributed by atoms with van der Waals surface area (Å²) in [5.41, 5.74) is 3.12. The van der Waals surface area contributed by atoms with Gasteiger partial charge < -0.3 is 5.32 Å². The molecule has 0 aliphatic carbocycles. The number of alkyl halides is 1. The van der Waals surface area contributed by atoms with Gasteiger partial charge in [0.25, 0.3) is 0 Å². The molecule has 2 nitrogen and oxygen atoms in total. The van der Waals surface area contributed by atoms with Crippen molar-refractivity contribution in [1.29, 1.82) is 0 Å². The molecule has 0 aliphatic heterocycles. The van der Waals surface area contributed by atoms with Crippen molar-refractivity contribution >= 4 is 23.2 Å². The van der Waals surface area contributed by atoms with Crippen molar-refractivity contribution in [3.8, 4) is 0 Å². The molecule has 0 radical (unpaired) electrons. The Bertz CT molecular complexity index is 336. The standard InChI is InChI=1S/C11H14ClNO/c1-3-9-5-4-8(2)10(6-9)13-11(14)7-12/h4-6H,3,7H2,1-2H3,(H,13,14). The van der Waals surface area contributed by atoms with Crippen LogP contribution in [0, 0.1) is 6.92 Å². The van der Waals surface area contributed by atoms with Crippen molar-refractivity contribution in [2.75, 3.05) is 11.2 Å². The summed E-state index contributed by atoms with van der Waals surface area (Å²) in [6, 6.07) is 6.05. The lowest BCUT2D eigenvalue weighted by atomic mass is 10.1. The van der Waals surface area contributed by atoms with Crippen LogP contribution in [0.3, 0.4) is 0 Å². The predicted octanol–water partition coefficient (Wildman–Crippen LogP) is 2.73. The number of halogens is 1. The third-order valence-electron chi connectivity index (χ3n) is 2.11. The van der Waals surface area contributed by atoms with E-state index in [4.69, 9.17) is 11.6 Å². The summed E-state index contributed by atoms with van der Waals surface area (Å²) < 4.78 is 0. The van der Waals surface area contributed by atoms with Gasteiger partial charge in [0.05, 0.1) is 0 Å². The van der Waals surface area contributed by atoms with E-state index in [0.29, 0.717) is 0 Å². The number of rotatable bonds is 3. The Morgan fingerprint density at radius 1 is 1.50 bits per heavy atom. The molecule has 14 heavy (non-hydrogen) atoms. The molecule has 0 aliphatic rings. The summed E-state index contributed by atoms with van der Waals surface area (Å²) in [6.45, 7) is 4.04. The Labute approximate surface area is 89.3 Å². The fourth-order valence-corrected chi connectivity index (χ4v) is 1.27. The van der Waals surface area contributed by atoms with Crippen molar-refractivity contribution in [2.24, 2.45) is 0 Å². The number of carbonyl (C=O) groups excluding carboxylic acids is 1. The number of amides is 1. The molecule has 1 N–H and O–H groups in total. The molecule has 0 spiro atoms. The average molecular weight is 212 g/mol. The van der Waals surface area contributed by atoms with Crippen LogP contribution < -0.4 is 5.32 Å². The molecule has 76 valence electrons. The highest BCUT2D eigenvalue weighted by Crippen LogP contribution is 2.17. The van der Waals surface area contributed by atoms with E-state index in [-0.39, 0.29) is 11.8 Å². The van der Waals surface area contributed by atoms with Crippen LogP contribution in [-0.4, -0.2) is 11.8 Å². The zero-order valence-electron chi connectivity index (χ0n) is 8.43.